The number of rotatable bonds is 5. The number of likely N-dealkylation sites (N-methyl/N-ethyl adjacent to an activating group) is 1. The van der Waals surface area contributed by atoms with Gasteiger partial charge in [-0.1, -0.05) is 31.2 Å². The fourth-order valence-corrected chi connectivity index (χ4v) is 3.44. The van der Waals surface area contributed by atoms with Crippen molar-refractivity contribution in [3.05, 3.63) is 51.5 Å². The van der Waals surface area contributed by atoms with Gasteiger partial charge in [0, 0.05) is 24.3 Å². The molecule has 1 heterocycles. The van der Waals surface area contributed by atoms with Crippen molar-refractivity contribution in [3.63, 3.8) is 0 Å². The zero-order chi connectivity index (χ0) is 12.4. The van der Waals surface area contributed by atoms with Crippen molar-refractivity contribution in [2.24, 2.45) is 0 Å². The molecule has 0 spiro atoms. The van der Waals surface area contributed by atoms with Gasteiger partial charge in [-0.05, 0) is 24.1 Å². The highest BCUT2D eigenvalue weighted by molar-refractivity contribution is 7.09. The van der Waals surface area contributed by atoms with E-state index in [2.05, 4.69) is 41.9 Å². The normalized spacial score (nSPS) is 17.3. The van der Waals surface area contributed by atoms with E-state index in [1.807, 2.05) is 11.3 Å². The van der Waals surface area contributed by atoms with Gasteiger partial charge in [0.1, 0.15) is 5.01 Å². The summed E-state index contributed by atoms with van der Waals surface area (Å²) in [5, 5.41) is 6.85. The van der Waals surface area contributed by atoms with Crippen LogP contribution in [0.2, 0.25) is 0 Å². The van der Waals surface area contributed by atoms with Crippen LogP contribution >= 0.6 is 11.3 Å². The average Bonchev–Trinajstić information content (AvgIpc) is 2.80. The highest BCUT2D eigenvalue weighted by Crippen LogP contribution is 2.40. The fraction of sp³-hybridized carbons (Fsp3) is 0.400. The third kappa shape index (κ3) is 2.20. The molecule has 1 aliphatic carbocycles. The average molecular weight is 258 g/mol. The molecule has 18 heavy (non-hydrogen) atoms. The van der Waals surface area contributed by atoms with Crippen molar-refractivity contribution < 1.29 is 0 Å². The molecule has 1 aromatic carbocycles. The highest BCUT2D eigenvalue weighted by atomic mass is 32.1. The second-order valence-electron chi connectivity index (χ2n) is 4.74. The lowest BCUT2D eigenvalue weighted by Crippen LogP contribution is -2.18. The van der Waals surface area contributed by atoms with E-state index >= 15 is 0 Å². The van der Waals surface area contributed by atoms with Gasteiger partial charge in [0.05, 0.1) is 5.69 Å². The molecule has 1 atom stereocenters. The number of thiazole rings is 1. The van der Waals surface area contributed by atoms with E-state index in [0.29, 0.717) is 5.92 Å². The molecule has 3 rings (SSSR count). The summed E-state index contributed by atoms with van der Waals surface area (Å²) in [7, 11) is 0. The molecule has 2 aromatic rings. The van der Waals surface area contributed by atoms with E-state index in [1.54, 1.807) is 0 Å². The number of fused-ring (bicyclic) bond motifs is 1. The third-order valence-corrected chi connectivity index (χ3v) is 4.54. The van der Waals surface area contributed by atoms with Crippen LogP contribution in [0.5, 0.6) is 0 Å². The number of benzene rings is 1. The summed E-state index contributed by atoms with van der Waals surface area (Å²) in [5.41, 5.74) is 4.21. The zero-order valence-corrected chi connectivity index (χ0v) is 11.5. The van der Waals surface area contributed by atoms with Crippen LogP contribution in [0.1, 0.15) is 34.7 Å². The van der Waals surface area contributed by atoms with Crippen molar-refractivity contribution in [1.82, 2.24) is 10.3 Å². The Morgan fingerprint density at radius 2 is 2.28 bits per heavy atom. The van der Waals surface area contributed by atoms with Crippen molar-refractivity contribution >= 4 is 11.3 Å². The number of nitrogens with one attached hydrogen (secondary N) is 1. The maximum atomic E-state index is 4.78. The lowest BCUT2D eigenvalue weighted by molar-refractivity contribution is 0.685. The maximum Gasteiger partial charge on any atom is 0.101 e. The molecule has 0 radical (unpaired) electrons. The number of hydrogen-bond acceptors (Lipinski definition) is 3. The van der Waals surface area contributed by atoms with Crippen LogP contribution < -0.4 is 5.32 Å². The molecule has 1 aliphatic rings. The van der Waals surface area contributed by atoms with Crippen LogP contribution in [0.25, 0.3) is 0 Å². The monoisotopic (exact) mass is 258 g/mol. The molecule has 1 unspecified atom stereocenters. The number of hydrogen-bond donors (Lipinski definition) is 1. The Morgan fingerprint density at radius 3 is 3.11 bits per heavy atom. The zero-order valence-electron chi connectivity index (χ0n) is 10.6. The predicted molar refractivity (Wildman–Crippen MR) is 76.4 cm³/mol. The van der Waals surface area contributed by atoms with Crippen molar-refractivity contribution in [3.8, 4) is 0 Å². The number of nitrogens with zero attached hydrogens (tertiary/aromatic N) is 1. The smallest absolute Gasteiger partial charge is 0.101 e. The van der Waals surface area contributed by atoms with E-state index < -0.39 is 0 Å². The third-order valence-electron chi connectivity index (χ3n) is 3.53. The molecule has 0 bridgehead atoms. The van der Waals surface area contributed by atoms with E-state index in [-0.39, 0.29) is 0 Å². The summed E-state index contributed by atoms with van der Waals surface area (Å²) >= 11 is 1.82. The van der Waals surface area contributed by atoms with Gasteiger partial charge in [0.2, 0.25) is 0 Å². The van der Waals surface area contributed by atoms with Crippen LogP contribution in [0.3, 0.4) is 0 Å². The summed E-state index contributed by atoms with van der Waals surface area (Å²) < 4.78 is 0. The van der Waals surface area contributed by atoms with Crippen LogP contribution in [-0.2, 0) is 12.8 Å². The Hall–Kier alpha value is -1.19. The topological polar surface area (TPSA) is 24.9 Å². The van der Waals surface area contributed by atoms with Crippen molar-refractivity contribution in [1.29, 1.82) is 0 Å². The number of aromatic nitrogens is 1. The summed E-state index contributed by atoms with van der Waals surface area (Å²) in [4.78, 5) is 4.78. The van der Waals surface area contributed by atoms with Crippen molar-refractivity contribution in [2.45, 2.75) is 25.7 Å². The minimum atomic E-state index is 0.555. The molecular weight excluding hydrogens is 240 g/mol. The van der Waals surface area contributed by atoms with Gasteiger partial charge < -0.3 is 5.32 Å². The standard InChI is InChI=1S/C15H18N2S/c1-2-16-8-7-12-10-18-15(17-12)14-9-11-5-3-4-6-13(11)14/h3-6,10,14,16H,2,7-9H2,1H3. The molecule has 1 aromatic heterocycles. The molecule has 0 amide bonds. The first kappa shape index (κ1) is 11.9. The second-order valence-corrected chi connectivity index (χ2v) is 5.63. The second kappa shape index (κ2) is 5.21. The Bertz CT molecular complexity index is 533. The first-order chi connectivity index (χ1) is 8.88. The molecule has 1 N–H and O–H groups in total. The van der Waals surface area contributed by atoms with Gasteiger partial charge in [0.15, 0.2) is 0 Å². The van der Waals surface area contributed by atoms with Gasteiger partial charge in [-0.25, -0.2) is 4.98 Å². The molecule has 0 saturated heterocycles. The summed E-state index contributed by atoms with van der Waals surface area (Å²) in [6.07, 6.45) is 2.20. The molecule has 0 fully saturated rings. The lowest BCUT2D eigenvalue weighted by Gasteiger charge is -2.28. The fourth-order valence-electron chi connectivity index (χ4n) is 2.47. The van der Waals surface area contributed by atoms with Crippen LogP contribution in [0.15, 0.2) is 29.6 Å². The van der Waals surface area contributed by atoms with Gasteiger partial charge in [-0.15, -0.1) is 11.3 Å². The van der Waals surface area contributed by atoms with E-state index in [0.717, 1.165) is 25.9 Å². The summed E-state index contributed by atoms with van der Waals surface area (Å²) in [5.74, 6) is 0.555. The van der Waals surface area contributed by atoms with Gasteiger partial charge in [-0.3, -0.25) is 0 Å². The minimum Gasteiger partial charge on any atom is -0.317 e. The Labute approximate surface area is 112 Å². The van der Waals surface area contributed by atoms with E-state index in [4.69, 9.17) is 4.98 Å². The lowest BCUT2D eigenvalue weighted by atomic mass is 9.78. The van der Waals surface area contributed by atoms with Crippen molar-refractivity contribution in [2.75, 3.05) is 13.1 Å². The Balaban J connectivity index is 1.68. The molecule has 94 valence electrons. The van der Waals surface area contributed by atoms with E-state index in [9.17, 15) is 0 Å². The minimum absolute atomic E-state index is 0.555. The van der Waals surface area contributed by atoms with Crippen LogP contribution in [0.4, 0.5) is 0 Å². The summed E-state index contributed by atoms with van der Waals surface area (Å²) in [6.45, 7) is 4.20. The predicted octanol–water partition coefficient (Wildman–Crippen LogP) is 2.98. The quantitative estimate of drug-likeness (QED) is 0.834. The largest absolute Gasteiger partial charge is 0.317 e. The Kier molecular flexibility index (Phi) is 3.43. The van der Waals surface area contributed by atoms with Gasteiger partial charge >= 0.3 is 0 Å². The van der Waals surface area contributed by atoms with Crippen LogP contribution in [0, 0.1) is 0 Å². The molecule has 3 heteroatoms. The Morgan fingerprint density at radius 1 is 1.39 bits per heavy atom. The maximum absolute atomic E-state index is 4.78. The van der Waals surface area contributed by atoms with Gasteiger partial charge in [0.25, 0.3) is 0 Å². The highest BCUT2D eigenvalue weighted by Gasteiger charge is 2.29. The first-order valence-corrected chi connectivity index (χ1v) is 7.49. The van der Waals surface area contributed by atoms with Gasteiger partial charge in [-0.2, -0.15) is 0 Å². The summed E-state index contributed by atoms with van der Waals surface area (Å²) in [6, 6.07) is 8.72. The van der Waals surface area contributed by atoms with E-state index in [1.165, 1.54) is 21.8 Å². The van der Waals surface area contributed by atoms with Crippen LogP contribution in [-0.4, -0.2) is 18.1 Å². The molecule has 0 saturated carbocycles. The molecular formula is C15H18N2S. The molecule has 2 nitrogen and oxygen atoms in total. The molecule has 0 aliphatic heterocycles. The first-order valence-electron chi connectivity index (χ1n) is 6.61. The SMILES string of the molecule is CCNCCc1csc(C2Cc3ccccc32)n1.